The summed E-state index contributed by atoms with van der Waals surface area (Å²) in [4.78, 5) is 43.9. The van der Waals surface area contributed by atoms with Crippen molar-refractivity contribution in [3.05, 3.63) is 20.8 Å². The van der Waals surface area contributed by atoms with Gasteiger partial charge >= 0.3 is 11.7 Å². The number of aryl methyl sites for hydroxylation is 1. The molecule has 1 aliphatic rings. The molecule has 3 rings (SSSR count). The van der Waals surface area contributed by atoms with Crippen LogP contribution in [0.4, 0.5) is 5.95 Å². The molecule has 112 valence electrons. The summed E-state index contributed by atoms with van der Waals surface area (Å²) in [6.45, 7) is 0.547. The third-order valence-electron chi connectivity index (χ3n) is 3.89. The van der Waals surface area contributed by atoms with Crippen molar-refractivity contribution in [3.63, 3.8) is 0 Å². The summed E-state index contributed by atoms with van der Waals surface area (Å²) in [5.41, 5.74) is -0.514. The Morgan fingerprint density at radius 2 is 2.05 bits per heavy atom. The average molecular weight is 293 g/mol. The lowest BCUT2D eigenvalue weighted by Crippen LogP contribution is -2.37. The zero-order valence-corrected chi connectivity index (χ0v) is 11.7. The molecule has 21 heavy (non-hydrogen) atoms. The van der Waals surface area contributed by atoms with Gasteiger partial charge in [-0.05, 0) is 12.8 Å². The number of nitrogens with one attached hydrogen (secondary N) is 1. The van der Waals surface area contributed by atoms with Gasteiger partial charge < -0.3 is 15.0 Å². The number of fused-ring (bicyclic) bond motifs is 1. The molecule has 0 radical (unpaired) electrons. The average Bonchev–Trinajstić information content (AvgIpc) is 3.08. The van der Waals surface area contributed by atoms with Crippen LogP contribution in [-0.4, -0.2) is 42.8 Å². The molecule has 0 spiro atoms. The number of hydrogen-bond acceptors (Lipinski definition) is 5. The van der Waals surface area contributed by atoms with Crippen LogP contribution in [0.3, 0.4) is 0 Å². The molecule has 3 heterocycles. The maximum Gasteiger partial charge on any atom is 0.332 e. The Morgan fingerprint density at radius 3 is 2.71 bits per heavy atom. The van der Waals surface area contributed by atoms with Crippen LogP contribution in [0.1, 0.15) is 12.8 Å². The van der Waals surface area contributed by atoms with Crippen molar-refractivity contribution in [2.45, 2.75) is 18.9 Å². The Kier molecular flexibility index (Phi) is 2.85. The van der Waals surface area contributed by atoms with Gasteiger partial charge in [0.25, 0.3) is 5.56 Å². The molecule has 2 aromatic rings. The Morgan fingerprint density at radius 1 is 1.33 bits per heavy atom. The molecular formula is C12H15N5O4. The summed E-state index contributed by atoms with van der Waals surface area (Å²) in [6.07, 6.45) is 1.27. The van der Waals surface area contributed by atoms with E-state index >= 15 is 0 Å². The van der Waals surface area contributed by atoms with Crippen molar-refractivity contribution in [1.29, 1.82) is 0 Å². The first-order valence-corrected chi connectivity index (χ1v) is 6.57. The summed E-state index contributed by atoms with van der Waals surface area (Å²) in [6, 6.07) is -0.661. The van der Waals surface area contributed by atoms with Crippen molar-refractivity contribution in [2.24, 2.45) is 14.1 Å². The number of anilines is 1. The van der Waals surface area contributed by atoms with Crippen LogP contribution in [0.2, 0.25) is 0 Å². The van der Waals surface area contributed by atoms with E-state index in [2.05, 4.69) is 9.97 Å². The van der Waals surface area contributed by atoms with Crippen LogP contribution in [0.5, 0.6) is 0 Å². The predicted octanol–water partition coefficient (Wildman–Crippen LogP) is -0.986. The zero-order valence-electron chi connectivity index (χ0n) is 11.7. The fourth-order valence-electron chi connectivity index (χ4n) is 2.73. The molecule has 1 saturated heterocycles. The fourth-order valence-corrected chi connectivity index (χ4v) is 2.73. The highest BCUT2D eigenvalue weighted by Gasteiger charge is 2.33. The van der Waals surface area contributed by atoms with E-state index in [0.717, 1.165) is 11.0 Å². The lowest BCUT2D eigenvalue weighted by molar-refractivity contribution is -0.138. The van der Waals surface area contributed by atoms with Crippen LogP contribution in [0.15, 0.2) is 9.59 Å². The third kappa shape index (κ3) is 1.84. The van der Waals surface area contributed by atoms with Crippen molar-refractivity contribution in [2.75, 3.05) is 11.4 Å². The number of aromatic amines is 1. The van der Waals surface area contributed by atoms with Crippen molar-refractivity contribution >= 4 is 23.1 Å². The first-order chi connectivity index (χ1) is 9.91. The molecule has 0 saturated carbocycles. The molecule has 1 aliphatic heterocycles. The molecule has 0 aromatic carbocycles. The minimum Gasteiger partial charge on any atom is -0.480 e. The van der Waals surface area contributed by atoms with Gasteiger partial charge in [0.1, 0.15) is 6.04 Å². The van der Waals surface area contributed by atoms with E-state index in [1.54, 1.807) is 4.90 Å². The van der Waals surface area contributed by atoms with Gasteiger partial charge in [-0.25, -0.2) is 9.59 Å². The van der Waals surface area contributed by atoms with Crippen LogP contribution in [0, 0.1) is 0 Å². The molecule has 1 atom stereocenters. The van der Waals surface area contributed by atoms with Gasteiger partial charge in [0.15, 0.2) is 11.2 Å². The first kappa shape index (κ1) is 13.4. The van der Waals surface area contributed by atoms with E-state index < -0.39 is 23.3 Å². The Bertz CT molecular complexity index is 846. The molecule has 1 fully saturated rings. The molecule has 1 unspecified atom stereocenters. The Hall–Kier alpha value is -2.58. The second-order valence-electron chi connectivity index (χ2n) is 5.15. The van der Waals surface area contributed by atoms with E-state index in [0.29, 0.717) is 18.9 Å². The normalized spacial score (nSPS) is 18.6. The number of hydrogen-bond donors (Lipinski definition) is 2. The number of rotatable bonds is 2. The summed E-state index contributed by atoms with van der Waals surface area (Å²) >= 11 is 0. The van der Waals surface area contributed by atoms with Gasteiger partial charge in [-0.3, -0.25) is 13.9 Å². The number of nitrogens with zero attached hydrogens (tertiary/aromatic N) is 4. The lowest BCUT2D eigenvalue weighted by atomic mass is 10.2. The number of carboxylic acids is 1. The van der Waals surface area contributed by atoms with Crippen molar-refractivity contribution in [3.8, 4) is 0 Å². The van der Waals surface area contributed by atoms with Crippen LogP contribution >= 0.6 is 0 Å². The smallest absolute Gasteiger partial charge is 0.332 e. The second-order valence-corrected chi connectivity index (χ2v) is 5.15. The molecule has 2 aromatic heterocycles. The first-order valence-electron chi connectivity index (χ1n) is 6.57. The maximum absolute atomic E-state index is 12.1. The summed E-state index contributed by atoms with van der Waals surface area (Å²) in [5.74, 6) is -0.608. The zero-order chi connectivity index (χ0) is 15.3. The van der Waals surface area contributed by atoms with Crippen LogP contribution in [-0.2, 0) is 18.9 Å². The number of H-pyrrole nitrogens is 1. The minimum atomic E-state index is -0.922. The third-order valence-corrected chi connectivity index (χ3v) is 3.89. The Labute approximate surface area is 118 Å². The predicted molar refractivity (Wildman–Crippen MR) is 74.6 cm³/mol. The fraction of sp³-hybridized carbons (Fsp3) is 0.500. The van der Waals surface area contributed by atoms with Crippen LogP contribution < -0.4 is 16.1 Å². The minimum absolute atomic E-state index is 0.200. The topological polar surface area (TPSA) is 113 Å². The number of carbonyl (C=O) groups is 1. The van der Waals surface area contributed by atoms with Crippen molar-refractivity contribution < 1.29 is 9.90 Å². The highest BCUT2D eigenvalue weighted by Crippen LogP contribution is 2.24. The monoisotopic (exact) mass is 293 g/mol. The Balaban J connectivity index is 2.21. The number of aliphatic carboxylic acids is 1. The molecule has 0 amide bonds. The van der Waals surface area contributed by atoms with Gasteiger partial charge in [-0.1, -0.05) is 0 Å². The van der Waals surface area contributed by atoms with Crippen molar-refractivity contribution in [1.82, 2.24) is 19.1 Å². The van der Waals surface area contributed by atoms with E-state index in [4.69, 9.17) is 0 Å². The van der Waals surface area contributed by atoms with Gasteiger partial charge in [0.05, 0.1) is 0 Å². The maximum atomic E-state index is 12.1. The highest BCUT2D eigenvalue weighted by atomic mass is 16.4. The number of imidazole rings is 1. The van der Waals surface area contributed by atoms with Crippen LogP contribution in [0.25, 0.3) is 11.2 Å². The lowest BCUT2D eigenvalue weighted by Gasteiger charge is -2.19. The van der Waals surface area contributed by atoms with Gasteiger partial charge in [0, 0.05) is 20.6 Å². The quantitative estimate of drug-likeness (QED) is 0.735. The molecule has 9 heteroatoms. The molecule has 0 bridgehead atoms. The molecule has 0 aliphatic carbocycles. The van der Waals surface area contributed by atoms with Gasteiger partial charge in [0.2, 0.25) is 5.95 Å². The van der Waals surface area contributed by atoms with E-state index in [1.165, 1.54) is 18.7 Å². The van der Waals surface area contributed by atoms with E-state index in [9.17, 15) is 19.5 Å². The number of carboxylic acid groups (broad SMARTS) is 1. The summed E-state index contributed by atoms with van der Waals surface area (Å²) in [7, 11) is 2.91. The summed E-state index contributed by atoms with van der Waals surface area (Å²) < 4.78 is 2.26. The highest BCUT2D eigenvalue weighted by molar-refractivity contribution is 5.80. The number of aromatic nitrogens is 4. The SMILES string of the molecule is Cn1c(=O)c2[nH]c(N3CCCC3C(=O)O)nc2n(C)c1=O. The standard InChI is InChI=1S/C12H15N5O4/c1-15-8-7(9(18)16(2)12(15)21)13-11(14-8)17-5-3-4-6(17)10(19)20/h6H,3-5H2,1-2H3,(H,13,14)(H,19,20). The van der Waals surface area contributed by atoms with E-state index in [-0.39, 0.29) is 11.2 Å². The molecule has 9 nitrogen and oxygen atoms in total. The molecular weight excluding hydrogens is 278 g/mol. The largest absolute Gasteiger partial charge is 0.480 e. The van der Waals surface area contributed by atoms with Gasteiger partial charge in [-0.15, -0.1) is 0 Å². The van der Waals surface area contributed by atoms with Gasteiger partial charge in [-0.2, -0.15) is 4.98 Å². The summed E-state index contributed by atoms with van der Waals surface area (Å²) in [5, 5.41) is 9.21. The molecule has 2 N–H and O–H groups in total. The van der Waals surface area contributed by atoms with E-state index in [1.807, 2.05) is 0 Å². The second kappa shape index (κ2) is 4.47.